The molecule has 0 N–H and O–H groups in total. The highest BCUT2D eigenvalue weighted by atomic mass is 17.3. The fourth-order valence-corrected chi connectivity index (χ4v) is 4.24. The van der Waals surface area contributed by atoms with Crippen LogP contribution in [0.2, 0.25) is 0 Å². The summed E-state index contributed by atoms with van der Waals surface area (Å²) >= 11 is 0. The summed E-state index contributed by atoms with van der Waals surface area (Å²) in [6, 6.07) is 41.3. The summed E-state index contributed by atoms with van der Waals surface area (Å²) in [6.07, 6.45) is 0. The van der Waals surface area contributed by atoms with Crippen molar-refractivity contribution in [3.63, 3.8) is 0 Å². The molecule has 1 heterocycles. The maximum Gasteiger partial charge on any atom is 0.194 e. The largest absolute Gasteiger partial charge is 0.215 e. The molecule has 4 aromatic carbocycles. The van der Waals surface area contributed by atoms with Crippen LogP contribution in [0.15, 0.2) is 121 Å². The second-order valence-electron chi connectivity index (χ2n) is 6.99. The van der Waals surface area contributed by atoms with Crippen molar-refractivity contribution in [2.45, 2.75) is 11.2 Å². The van der Waals surface area contributed by atoms with Gasteiger partial charge in [-0.3, -0.25) is 0 Å². The van der Waals surface area contributed by atoms with E-state index in [1.54, 1.807) is 0 Å². The molecule has 0 radical (unpaired) electrons. The molecule has 0 atom stereocenters. The minimum Gasteiger partial charge on any atom is -0.215 e. The van der Waals surface area contributed by atoms with Crippen LogP contribution in [0.1, 0.15) is 22.3 Å². The normalized spacial score (nSPS) is 16.9. The topological polar surface area (TPSA) is 18.5 Å². The van der Waals surface area contributed by atoms with Crippen LogP contribution in [-0.2, 0) is 21.0 Å². The molecule has 2 nitrogen and oxygen atoms in total. The number of rotatable bonds is 4. The van der Waals surface area contributed by atoms with Gasteiger partial charge in [-0.25, -0.2) is 9.78 Å². The van der Waals surface area contributed by atoms with Crippen LogP contribution in [0, 0.1) is 0 Å². The van der Waals surface area contributed by atoms with E-state index in [9.17, 15) is 0 Å². The maximum atomic E-state index is 6.12. The van der Waals surface area contributed by atoms with Crippen LogP contribution >= 0.6 is 0 Å². The van der Waals surface area contributed by atoms with Crippen LogP contribution in [0.25, 0.3) is 0 Å². The van der Waals surface area contributed by atoms with Gasteiger partial charge in [0.15, 0.2) is 11.2 Å². The molecule has 0 aromatic heterocycles. The molecule has 0 aliphatic carbocycles. The Morgan fingerprint density at radius 2 is 0.536 bits per heavy atom. The lowest BCUT2D eigenvalue weighted by atomic mass is 9.65. The third-order valence-electron chi connectivity index (χ3n) is 5.51. The van der Waals surface area contributed by atoms with E-state index in [4.69, 9.17) is 9.78 Å². The summed E-state index contributed by atoms with van der Waals surface area (Å²) < 4.78 is 0. The van der Waals surface area contributed by atoms with Gasteiger partial charge in [-0.05, 0) is 22.3 Å². The summed E-state index contributed by atoms with van der Waals surface area (Å²) in [5.74, 6) is 0. The van der Waals surface area contributed by atoms with E-state index in [0.29, 0.717) is 0 Å². The maximum absolute atomic E-state index is 6.12. The molecular formula is C26H20O2. The van der Waals surface area contributed by atoms with E-state index in [0.717, 1.165) is 22.3 Å². The van der Waals surface area contributed by atoms with Gasteiger partial charge in [0.2, 0.25) is 0 Å². The van der Waals surface area contributed by atoms with Crippen molar-refractivity contribution < 1.29 is 9.78 Å². The van der Waals surface area contributed by atoms with Crippen molar-refractivity contribution in [3.8, 4) is 0 Å². The van der Waals surface area contributed by atoms with Crippen LogP contribution < -0.4 is 0 Å². The van der Waals surface area contributed by atoms with Crippen molar-refractivity contribution in [2.24, 2.45) is 0 Å². The quantitative estimate of drug-likeness (QED) is 0.424. The zero-order chi connectivity index (χ0) is 18.9. The molecule has 0 bridgehead atoms. The lowest BCUT2D eigenvalue weighted by Gasteiger charge is -2.57. The van der Waals surface area contributed by atoms with E-state index in [1.165, 1.54) is 0 Å². The molecule has 2 heteroatoms. The van der Waals surface area contributed by atoms with Gasteiger partial charge in [0.05, 0.1) is 0 Å². The molecule has 1 aliphatic rings. The lowest BCUT2D eigenvalue weighted by Crippen LogP contribution is -2.63. The summed E-state index contributed by atoms with van der Waals surface area (Å²) in [7, 11) is 0. The van der Waals surface area contributed by atoms with Gasteiger partial charge >= 0.3 is 0 Å². The third-order valence-corrected chi connectivity index (χ3v) is 5.51. The van der Waals surface area contributed by atoms with E-state index in [2.05, 4.69) is 48.5 Å². The van der Waals surface area contributed by atoms with Crippen LogP contribution in [0.3, 0.4) is 0 Å². The van der Waals surface area contributed by atoms with Crippen LogP contribution in [-0.4, -0.2) is 0 Å². The van der Waals surface area contributed by atoms with Crippen molar-refractivity contribution >= 4 is 0 Å². The molecule has 1 aliphatic heterocycles. The molecule has 0 spiro atoms. The predicted octanol–water partition coefficient (Wildman–Crippen LogP) is 5.84. The standard InChI is InChI=1S/C26H20O2/c1-5-13-21(14-6-1)25(22-15-7-2-8-16-22)26(28-27-25,23-17-9-3-10-18-23)24-19-11-4-12-20-24/h1-20H. The smallest absolute Gasteiger partial charge is 0.194 e. The molecule has 28 heavy (non-hydrogen) atoms. The molecule has 4 aromatic rings. The predicted molar refractivity (Wildman–Crippen MR) is 109 cm³/mol. The minimum atomic E-state index is -0.793. The molecule has 1 saturated heterocycles. The van der Waals surface area contributed by atoms with Crippen molar-refractivity contribution in [3.05, 3.63) is 144 Å². The summed E-state index contributed by atoms with van der Waals surface area (Å²) in [5.41, 5.74) is 2.64. The fourth-order valence-electron chi connectivity index (χ4n) is 4.24. The molecule has 0 saturated carbocycles. The van der Waals surface area contributed by atoms with Gasteiger partial charge in [-0.15, -0.1) is 0 Å². The van der Waals surface area contributed by atoms with Crippen molar-refractivity contribution in [2.75, 3.05) is 0 Å². The molecule has 0 amide bonds. The molecular weight excluding hydrogens is 344 g/mol. The van der Waals surface area contributed by atoms with Gasteiger partial charge in [0.25, 0.3) is 0 Å². The Labute approximate surface area is 164 Å². The van der Waals surface area contributed by atoms with Crippen LogP contribution in [0.4, 0.5) is 0 Å². The summed E-state index contributed by atoms with van der Waals surface area (Å²) in [4.78, 5) is 12.2. The Morgan fingerprint density at radius 3 is 0.714 bits per heavy atom. The van der Waals surface area contributed by atoms with Gasteiger partial charge in [-0.2, -0.15) is 0 Å². The number of benzene rings is 4. The highest BCUT2D eigenvalue weighted by Gasteiger charge is 2.68. The van der Waals surface area contributed by atoms with E-state index >= 15 is 0 Å². The van der Waals surface area contributed by atoms with Crippen molar-refractivity contribution in [1.82, 2.24) is 0 Å². The van der Waals surface area contributed by atoms with Gasteiger partial charge < -0.3 is 0 Å². The first-order valence-electron chi connectivity index (χ1n) is 9.47. The van der Waals surface area contributed by atoms with Crippen LogP contribution in [0.5, 0.6) is 0 Å². The number of hydrogen-bond acceptors (Lipinski definition) is 2. The minimum absolute atomic E-state index is 0.793. The SMILES string of the molecule is c1ccc(C2(c3ccccc3)OOC2(c2ccccc2)c2ccccc2)cc1. The van der Waals surface area contributed by atoms with Crippen molar-refractivity contribution in [1.29, 1.82) is 0 Å². The van der Waals surface area contributed by atoms with Gasteiger partial charge in [-0.1, -0.05) is 121 Å². The second-order valence-corrected chi connectivity index (χ2v) is 6.99. The Morgan fingerprint density at radius 1 is 0.321 bits per heavy atom. The average molecular weight is 364 g/mol. The second kappa shape index (κ2) is 6.75. The molecule has 136 valence electrons. The first-order valence-corrected chi connectivity index (χ1v) is 9.47. The van der Waals surface area contributed by atoms with E-state index in [1.807, 2.05) is 72.8 Å². The molecule has 5 rings (SSSR count). The lowest BCUT2D eigenvalue weighted by molar-refractivity contribution is -0.546. The summed E-state index contributed by atoms with van der Waals surface area (Å²) in [5, 5.41) is 0. The number of hydrogen-bond donors (Lipinski definition) is 0. The van der Waals surface area contributed by atoms with Gasteiger partial charge in [0.1, 0.15) is 0 Å². The Kier molecular flexibility index (Phi) is 4.09. The Balaban J connectivity index is 1.86. The average Bonchev–Trinajstić information content (AvgIpc) is 2.77. The first kappa shape index (κ1) is 16.9. The fraction of sp³-hybridized carbons (Fsp3) is 0.0769. The Hall–Kier alpha value is -3.20. The zero-order valence-corrected chi connectivity index (χ0v) is 15.4. The first-order chi connectivity index (χ1) is 13.9. The molecule has 0 unspecified atom stereocenters. The summed E-state index contributed by atoms with van der Waals surface area (Å²) in [6.45, 7) is 0. The van der Waals surface area contributed by atoms with Gasteiger partial charge in [0, 0.05) is 0 Å². The third kappa shape index (κ3) is 2.29. The highest BCUT2D eigenvalue weighted by Crippen LogP contribution is 2.61. The van der Waals surface area contributed by atoms with E-state index < -0.39 is 11.2 Å². The highest BCUT2D eigenvalue weighted by molar-refractivity contribution is 5.52. The molecule has 1 fully saturated rings. The Bertz CT molecular complexity index is 877. The van der Waals surface area contributed by atoms with E-state index in [-0.39, 0.29) is 0 Å². The monoisotopic (exact) mass is 364 g/mol. The zero-order valence-electron chi connectivity index (χ0n) is 15.4.